The molecule has 1 amide bonds. The Hall–Kier alpha value is -3.64. The second kappa shape index (κ2) is 15.1. The van der Waals surface area contributed by atoms with Crippen LogP contribution in [0.25, 0.3) is 0 Å². The Morgan fingerprint density at radius 1 is 0.846 bits per heavy atom. The fourth-order valence-electron chi connectivity index (χ4n) is 3.57. The molecule has 0 aliphatic rings. The van der Waals surface area contributed by atoms with Gasteiger partial charge in [0.05, 0.1) is 5.69 Å². The van der Waals surface area contributed by atoms with Crippen LogP contribution in [0.2, 0.25) is 0 Å². The lowest BCUT2D eigenvalue weighted by Gasteiger charge is -2.25. The van der Waals surface area contributed by atoms with Gasteiger partial charge < -0.3 is 9.47 Å². The third kappa shape index (κ3) is 9.25. The molecule has 5 nitrogen and oxygen atoms in total. The maximum atomic E-state index is 12.8. The number of halogens is 1. The van der Waals surface area contributed by atoms with Crippen LogP contribution in [0.1, 0.15) is 50.8 Å². The minimum Gasteiger partial charge on any atom is -0.473 e. The minimum atomic E-state index is -0.144. The Labute approximate surface area is 240 Å². The second-order valence-electron chi connectivity index (χ2n) is 9.61. The number of aryl methyl sites for hydroxylation is 1. The van der Waals surface area contributed by atoms with Crippen LogP contribution in [-0.2, 0) is 18.0 Å². The van der Waals surface area contributed by atoms with E-state index in [1.165, 1.54) is 13.3 Å². The Morgan fingerprint density at radius 2 is 1.38 bits per heavy atom. The smallest absolute Gasteiger partial charge is 0.242 e. The SMILES string of the molecule is CC(=O)N(c1ccc(Br)cc1C)c1ccc(OCc2ccccc2)nc1OCc1ccccc1.CCC(C)C. The summed E-state index contributed by atoms with van der Waals surface area (Å²) in [4.78, 5) is 19.1. The van der Waals surface area contributed by atoms with Gasteiger partial charge in [-0.15, -0.1) is 0 Å². The Balaban J connectivity index is 0.000000771. The van der Waals surface area contributed by atoms with Crippen LogP contribution in [0.4, 0.5) is 11.4 Å². The normalized spacial score (nSPS) is 10.4. The highest BCUT2D eigenvalue weighted by Crippen LogP contribution is 2.37. The Bertz CT molecular complexity index is 1330. The van der Waals surface area contributed by atoms with Crippen LogP contribution >= 0.6 is 15.9 Å². The highest BCUT2D eigenvalue weighted by atomic mass is 79.9. The van der Waals surface area contributed by atoms with Gasteiger partial charge in [-0.25, -0.2) is 0 Å². The van der Waals surface area contributed by atoms with Gasteiger partial charge in [0.1, 0.15) is 18.9 Å². The molecule has 0 radical (unpaired) electrons. The van der Waals surface area contributed by atoms with Crippen molar-refractivity contribution in [2.45, 2.75) is 54.3 Å². The minimum absolute atomic E-state index is 0.144. The quantitative estimate of drug-likeness (QED) is 0.196. The first-order valence-corrected chi connectivity index (χ1v) is 14.0. The van der Waals surface area contributed by atoms with Crippen molar-refractivity contribution in [1.82, 2.24) is 4.98 Å². The number of aromatic nitrogens is 1. The van der Waals surface area contributed by atoms with Crippen LogP contribution in [0.5, 0.6) is 11.8 Å². The molecule has 4 aromatic rings. The van der Waals surface area contributed by atoms with Gasteiger partial charge in [-0.05, 0) is 53.8 Å². The summed E-state index contributed by atoms with van der Waals surface area (Å²) in [5, 5.41) is 0. The first-order chi connectivity index (χ1) is 18.8. The number of ether oxygens (including phenoxy) is 2. The van der Waals surface area contributed by atoms with E-state index < -0.39 is 0 Å². The number of carbonyl (C=O) groups is 1. The molecule has 0 spiro atoms. The predicted octanol–water partition coefficient (Wildman–Crippen LogP) is 9.05. The summed E-state index contributed by atoms with van der Waals surface area (Å²) in [6, 6.07) is 29.1. The van der Waals surface area contributed by atoms with E-state index >= 15 is 0 Å². The van der Waals surface area contributed by atoms with E-state index in [9.17, 15) is 4.79 Å². The first kappa shape index (κ1) is 29.9. The van der Waals surface area contributed by atoms with Crippen LogP contribution < -0.4 is 14.4 Å². The van der Waals surface area contributed by atoms with E-state index in [-0.39, 0.29) is 5.91 Å². The molecular formula is C33H37BrN2O3. The van der Waals surface area contributed by atoms with Crippen molar-refractivity contribution in [1.29, 1.82) is 0 Å². The zero-order chi connectivity index (χ0) is 28.2. The third-order valence-electron chi connectivity index (χ3n) is 6.03. The third-order valence-corrected chi connectivity index (χ3v) is 6.53. The van der Waals surface area contributed by atoms with Gasteiger partial charge in [0.15, 0.2) is 0 Å². The standard InChI is InChI=1S/C28H25BrN2O3.C5H12/c1-20-17-24(29)13-14-25(20)31(21(2)32)26-15-16-27(33-18-22-9-5-3-6-10-22)30-28(26)34-19-23-11-7-4-8-12-23;1-4-5(2)3/h3-17H,18-19H2,1-2H3;5H,4H2,1-3H3. The van der Waals surface area contributed by atoms with Crippen molar-refractivity contribution < 1.29 is 14.3 Å². The van der Waals surface area contributed by atoms with Crippen LogP contribution in [0, 0.1) is 12.8 Å². The van der Waals surface area contributed by atoms with E-state index in [1.807, 2.05) is 91.9 Å². The number of nitrogens with zero attached hydrogens (tertiary/aromatic N) is 2. The van der Waals surface area contributed by atoms with Crippen LogP contribution in [-0.4, -0.2) is 10.9 Å². The molecule has 0 unspecified atom stereocenters. The number of rotatable bonds is 9. The van der Waals surface area contributed by atoms with Crippen molar-refractivity contribution >= 4 is 33.2 Å². The van der Waals surface area contributed by atoms with Gasteiger partial charge in [0.2, 0.25) is 17.7 Å². The molecule has 3 aromatic carbocycles. The first-order valence-electron chi connectivity index (χ1n) is 13.2. The van der Waals surface area contributed by atoms with Crippen LogP contribution in [0.15, 0.2) is 95.5 Å². The zero-order valence-electron chi connectivity index (χ0n) is 23.4. The number of hydrogen-bond donors (Lipinski definition) is 0. The molecule has 0 saturated heterocycles. The lowest BCUT2D eigenvalue weighted by Crippen LogP contribution is -2.24. The molecule has 39 heavy (non-hydrogen) atoms. The fourth-order valence-corrected chi connectivity index (χ4v) is 4.04. The van der Waals surface area contributed by atoms with Crippen molar-refractivity contribution in [3.8, 4) is 11.8 Å². The molecular weight excluding hydrogens is 552 g/mol. The van der Waals surface area contributed by atoms with Gasteiger partial charge in [-0.2, -0.15) is 4.98 Å². The topological polar surface area (TPSA) is 51.7 Å². The average molecular weight is 590 g/mol. The number of hydrogen-bond acceptors (Lipinski definition) is 4. The molecule has 6 heteroatoms. The largest absolute Gasteiger partial charge is 0.473 e. The second-order valence-corrected chi connectivity index (χ2v) is 10.5. The molecule has 204 valence electrons. The molecule has 0 aliphatic heterocycles. The number of benzene rings is 3. The van der Waals surface area contributed by atoms with E-state index in [1.54, 1.807) is 11.0 Å². The van der Waals surface area contributed by atoms with Crippen molar-refractivity contribution in [2.75, 3.05) is 4.90 Å². The van der Waals surface area contributed by atoms with Crippen molar-refractivity contribution in [3.63, 3.8) is 0 Å². The number of amides is 1. The van der Waals surface area contributed by atoms with E-state index in [4.69, 9.17) is 9.47 Å². The van der Waals surface area contributed by atoms with Gasteiger partial charge in [-0.3, -0.25) is 9.69 Å². The lowest BCUT2D eigenvalue weighted by atomic mass is 10.1. The maximum Gasteiger partial charge on any atom is 0.242 e. The summed E-state index contributed by atoms with van der Waals surface area (Å²) < 4.78 is 13.0. The summed E-state index contributed by atoms with van der Waals surface area (Å²) in [7, 11) is 0. The maximum absolute atomic E-state index is 12.8. The van der Waals surface area contributed by atoms with Crippen molar-refractivity contribution in [3.05, 3.63) is 112 Å². The highest BCUT2D eigenvalue weighted by Gasteiger charge is 2.22. The zero-order valence-corrected chi connectivity index (χ0v) is 24.9. The van der Waals surface area contributed by atoms with E-state index in [0.717, 1.165) is 32.8 Å². The molecule has 0 atom stereocenters. The predicted molar refractivity (Wildman–Crippen MR) is 163 cm³/mol. The summed E-state index contributed by atoms with van der Waals surface area (Å²) in [5.74, 6) is 1.49. The van der Waals surface area contributed by atoms with Gasteiger partial charge in [0.25, 0.3) is 0 Å². The number of carbonyl (C=O) groups excluding carboxylic acids is 1. The average Bonchev–Trinajstić information content (AvgIpc) is 2.94. The lowest BCUT2D eigenvalue weighted by molar-refractivity contribution is -0.115. The van der Waals surface area contributed by atoms with Gasteiger partial charge >= 0.3 is 0 Å². The summed E-state index contributed by atoms with van der Waals surface area (Å²) >= 11 is 3.49. The molecule has 0 bridgehead atoms. The molecule has 4 rings (SSSR count). The summed E-state index contributed by atoms with van der Waals surface area (Å²) in [6.45, 7) is 10.8. The number of pyridine rings is 1. The Kier molecular flexibility index (Phi) is 11.6. The van der Waals surface area contributed by atoms with Crippen molar-refractivity contribution in [2.24, 2.45) is 5.92 Å². The molecule has 1 heterocycles. The van der Waals surface area contributed by atoms with Crippen LogP contribution in [0.3, 0.4) is 0 Å². The summed E-state index contributed by atoms with van der Waals surface area (Å²) in [5.41, 5.74) is 4.31. The molecule has 0 saturated carbocycles. The van der Waals surface area contributed by atoms with Gasteiger partial charge in [-0.1, -0.05) is 104 Å². The fraction of sp³-hybridized carbons (Fsp3) is 0.273. The van der Waals surface area contributed by atoms with Gasteiger partial charge in [0, 0.05) is 17.5 Å². The monoisotopic (exact) mass is 588 g/mol. The molecule has 0 N–H and O–H groups in total. The highest BCUT2D eigenvalue weighted by molar-refractivity contribution is 9.10. The van der Waals surface area contributed by atoms with E-state index in [0.29, 0.717) is 30.7 Å². The van der Waals surface area contributed by atoms with E-state index in [2.05, 4.69) is 41.7 Å². The molecule has 1 aromatic heterocycles. The number of anilines is 2. The Morgan fingerprint density at radius 3 is 1.90 bits per heavy atom. The molecule has 0 fully saturated rings. The summed E-state index contributed by atoms with van der Waals surface area (Å²) in [6.07, 6.45) is 1.31. The molecule has 0 aliphatic carbocycles.